The zero-order chi connectivity index (χ0) is 16.4. The summed E-state index contributed by atoms with van der Waals surface area (Å²) in [5.41, 5.74) is 3.15. The predicted molar refractivity (Wildman–Crippen MR) is 96.1 cm³/mol. The van der Waals surface area contributed by atoms with Gasteiger partial charge in [0.05, 0.1) is 0 Å². The van der Waals surface area contributed by atoms with Gasteiger partial charge in [-0.05, 0) is 55.5 Å². The van der Waals surface area contributed by atoms with Crippen LogP contribution in [0.2, 0.25) is 0 Å². The topological polar surface area (TPSA) is 32.3 Å². The zero-order valence-corrected chi connectivity index (χ0v) is 13.9. The summed E-state index contributed by atoms with van der Waals surface area (Å²) in [5, 5.41) is 3.31. The first kappa shape index (κ1) is 15.4. The third-order valence-corrected chi connectivity index (χ3v) is 5.47. The Bertz CT molecular complexity index is 705. The molecule has 0 aromatic heterocycles. The summed E-state index contributed by atoms with van der Waals surface area (Å²) in [7, 11) is 0. The highest BCUT2D eigenvalue weighted by Gasteiger charge is 2.35. The van der Waals surface area contributed by atoms with Crippen LogP contribution in [0.15, 0.2) is 54.6 Å². The van der Waals surface area contributed by atoms with Crippen LogP contribution in [0.4, 0.5) is 0 Å². The first-order valence-corrected chi connectivity index (χ1v) is 8.94. The molecule has 5 rings (SSSR count). The lowest BCUT2D eigenvalue weighted by molar-refractivity contribution is 0.0620. The molecule has 3 fully saturated rings. The van der Waals surface area contributed by atoms with Crippen molar-refractivity contribution in [1.82, 2.24) is 10.2 Å². The van der Waals surface area contributed by atoms with E-state index >= 15 is 0 Å². The molecule has 124 valence electrons. The average molecular weight is 320 g/mol. The molecule has 2 aromatic rings. The van der Waals surface area contributed by atoms with Crippen molar-refractivity contribution >= 4 is 5.91 Å². The van der Waals surface area contributed by atoms with E-state index in [1.165, 1.54) is 31.5 Å². The smallest absolute Gasteiger partial charge is 0.251 e. The molecule has 3 saturated heterocycles. The minimum atomic E-state index is 0.0836. The Hall–Kier alpha value is -2.13. The van der Waals surface area contributed by atoms with Crippen molar-refractivity contribution in [3.05, 3.63) is 71.3 Å². The molecular weight excluding hydrogens is 296 g/mol. The Labute approximate surface area is 143 Å². The molecule has 3 nitrogen and oxygen atoms in total. The minimum Gasteiger partial charge on any atom is -0.348 e. The second kappa shape index (κ2) is 6.78. The molecule has 2 aromatic carbocycles. The highest BCUT2D eigenvalue weighted by molar-refractivity contribution is 5.96. The van der Waals surface area contributed by atoms with E-state index in [9.17, 15) is 4.79 Å². The van der Waals surface area contributed by atoms with Crippen molar-refractivity contribution in [3.8, 4) is 0 Å². The second-order valence-electron chi connectivity index (χ2n) is 7.04. The van der Waals surface area contributed by atoms with Gasteiger partial charge in [-0.1, -0.05) is 48.5 Å². The van der Waals surface area contributed by atoms with Crippen LogP contribution in [0.1, 0.15) is 34.3 Å². The third kappa shape index (κ3) is 3.22. The summed E-state index contributed by atoms with van der Waals surface area (Å²) in [6.07, 6.45) is 3.23. The molecule has 3 heteroatoms. The normalized spacial score (nSPS) is 25.4. The van der Waals surface area contributed by atoms with Crippen molar-refractivity contribution in [2.45, 2.75) is 25.3 Å². The van der Waals surface area contributed by atoms with Crippen LogP contribution in [0.3, 0.4) is 0 Å². The molecule has 3 aliphatic heterocycles. The monoisotopic (exact) mass is 320 g/mol. The molecule has 24 heavy (non-hydrogen) atoms. The molecule has 0 spiro atoms. The molecule has 1 atom stereocenters. The van der Waals surface area contributed by atoms with Crippen LogP contribution in [0.5, 0.6) is 0 Å². The number of amides is 1. The van der Waals surface area contributed by atoms with Crippen LogP contribution in [-0.2, 0) is 6.42 Å². The summed E-state index contributed by atoms with van der Waals surface area (Å²) in [5.74, 6) is 0.737. The van der Waals surface area contributed by atoms with Gasteiger partial charge in [0.25, 0.3) is 5.91 Å². The number of carbonyl (C=O) groups is 1. The Morgan fingerprint density at radius 1 is 1.00 bits per heavy atom. The number of rotatable bonds is 4. The lowest BCUT2D eigenvalue weighted by atomic mass is 9.84. The number of piperidine rings is 3. The summed E-state index contributed by atoms with van der Waals surface area (Å²) in [6, 6.07) is 18.7. The SMILES string of the molecule is O=C(N[C@@H]1CN2CCC1CC2)c1ccccc1Cc1ccccc1. The van der Waals surface area contributed by atoms with Gasteiger partial charge in [0.2, 0.25) is 0 Å². The third-order valence-electron chi connectivity index (χ3n) is 5.47. The van der Waals surface area contributed by atoms with E-state index in [-0.39, 0.29) is 5.91 Å². The number of hydrogen-bond acceptors (Lipinski definition) is 2. The molecule has 0 radical (unpaired) electrons. The maximum absolute atomic E-state index is 12.9. The quantitative estimate of drug-likeness (QED) is 0.939. The summed E-state index contributed by atoms with van der Waals surface area (Å²) < 4.78 is 0. The number of benzene rings is 2. The van der Waals surface area contributed by atoms with E-state index in [2.05, 4.69) is 28.4 Å². The van der Waals surface area contributed by atoms with Crippen molar-refractivity contribution in [3.63, 3.8) is 0 Å². The van der Waals surface area contributed by atoms with Crippen molar-refractivity contribution in [1.29, 1.82) is 0 Å². The van der Waals surface area contributed by atoms with E-state index in [1.54, 1.807) is 0 Å². The Balaban J connectivity index is 1.50. The standard InChI is InChI=1S/C21H24N2O/c24-21(22-20-15-23-12-10-17(20)11-13-23)19-9-5-4-8-18(19)14-16-6-2-1-3-7-16/h1-9,17,20H,10-15H2,(H,22,24)/t20-/m1/s1. The average Bonchev–Trinajstić information content (AvgIpc) is 2.64. The molecule has 1 amide bonds. The van der Waals surface area contributed by atoms with Gasteiger partial charge in [0, 0.05) is 18.2 Å². The fourth-order valence-corrected chi connectivity index (χ4v) is 4.09. The van der Waals surface area contributed by atoms with Crippen molar-refractivity contribution < 1.29 is 4.79 Å². The van der Waals surface area contributed by atoms with Crippen LogP contribution < -0.4 is 5.32 Å². The zero-order valence-electron chi connectivity index (χ0n) is 13.9. The van der Waals surface area contributed by atoms with Gasteiger partial charge in [-0.2, -0.15) is 0 Å². The van der Waals surface area contributed by atoms with Crippen molar-refractivity contribution in [2.75, 3.05) is 19.6 Å². The second-order valence-corrected chi connectivity index (χ2v) is 7.04. The first-order chi connectivity index (χ1) is 11.8. The van der Waals surface area contributed by atoms with Gasteiger partial charge in [-0.25, -0.2) is 0 Å². The molecule has 3 aliphatic rings. The number of carbonyl (C=O) groups excluding carboxylic acids is 1. The highest BCUT2D eigenvalue weighted by Crippen LogP contribution is 2.28. The minimum absolute atomic E-state index is 0.0836. The molecular formula is C21H24N2O. The summed E-state index contributed by atoms with van der Waals surface area (Å²) in [4.78, 5) is 15.3. The Kier molecular flexibility index (Phi) is 4.35. The Morgan fingerprint density at radius 2 is 1.71 bits per heavy atom. The molecule has 1 N–H and O–H groups in total. The van der Waals surface area contributed by atoms with Gasteiger partial charge < -0.3 is 10.2 Å². The van der Waals surface area contributed by atoms with E-state index in [4.69, 9.17) is 0 Å². The maximum atomic E-state index is 12.9. The van der Waals surface area contributed by atoms with E-state index in [1.807, 2.05) is 36.4 Å². The summed E-state index contributed by atoms with van der Waals surface area (Å²) >= 11 is 0. The number of hydrogen-bond donors (Lipinski definition) is 1. The van der Waals surface area contributed by atoms with Gasteiger partial charge in [-0.3, -0.25) is 4.79 Å². The van der Waals surface area contributed by atoms with Crippen LogP contribution >= 0.6 is 0 Å². The predicted octanol–water partition coefficient (Wildman–Crippen LogP) is 3.10. The molecule has 3 heterocycles. The van der Waals surface area contributed by atoms with E-state index in [0.717, 1.165) is 24.1 Å². The van der Waals surface area contributed by atoms with Crippen molar-refractivity contribution in [2.24, 2.45) is 5.92 Å². The lowest BCUT2D eigenvalue weighted by Crippen LogP contribution is -2.57. The van der Waals surface area contributed by atoms with Gasteiger partial charge in [0.15, 0.2) is 0 Å². The molecule has 0 aliphatic carbocycles. The van der Waals surface area contributed by atoms with Crippen LogP contribution in [0.25, 0.3) is 0 Å². The first-order valence-electron chi connectivity index (χ1n) is 8.94. The fourth-order valence-electron chi connectivity index (χ4n) is 4.09. The van der Waals surface area contributed by atoms with E-state index < -0.39 is 0 Å². The van der Waals surface area contributed by atoms with Crippen LogP contribution in [0, 0.1) is 5.92 Å². The summed E-state index contributed by atoms with van der Waals surface area (Å²) in [6.45, 7) is 3.40. The Morgan fingerprint density at radius 3 is 2.42 bits per heavy atom. The molecule has 2 bridgehead atoms. The van der Waals surface area contributed by atoms with Gasteiger partial charge in [0.1, 0.15) is 0 Å². The molecule has 0 unspecified atom stereocenters. The maximum Gasteiger partial charge on any atom is 0.251 e. The number of nitrogens with zero attached hydrogens (tertiary/aromatic N) is 1. The highest BCUT2D eigenvalue weighted by atomic mass is 16.1. The van der Waals surface area contributed by atoms with E-state index in [0.29, 0.717) is 12.0 Å². The molecule has 0 saturated carbocycles. The van der Waals surface area contributed by atoms with Crippen LogP contribution in [-0.4, -0.2) is 36.5 Å². The lowest BCUT2D eigenvalue weighted by Gasteiger charge is -2.45. The van der Waals surface area contributed by atoms with Gasteiger partial charge in [-0.15, -0.1) is 0 Å². The largest absolute Gasteiger partial charge is 0.348 e. The number of nitrogens with one attached hydrogen (secondary N) is 1. The van der Waals surface area contributed by atoms with Gasteiger partial charge >= 0.3 is 0 Å². The fraction of sp³-hybridized carbons (Fsp3) is 0.381. The number of fused-ring (bicyclic) bond motifs is 3.